The molecule has 3 atom stereocenters. The summed E-state index contributed by atoms with van der Waals surface area (Å²) in [6, 6.07) is -0.0751. The Morgan fingerprint density at radius 3 is 2.75 bits per heavy atom. The standard InChI is InChI=1S/C11H21N3O2/c1-8(15)10-5-7-13-6-3-4-9(12-2)11(16)14(10)13/h9-12,16H,3-7H2,1-2H3. The van der Waals surface area contributed by atoms with Crippen molar-refractivity contribution in [2.24, 2.45) is 0 Å². The van der Waals surface area contributed by atoms with Crippen LogP contribution in [0.25, 0.3) is 0 Å². The highest BCUT2D eigenvalue weighted by Crippen LogP contribution is 2.26. The minimum Gasteiger partial charge on any atom is -0.375 e. The molecule has 0 bridgehead atoms. The van der Waals surface area contributed by atoms with Crippen molar-refractivity contribution < 1.29 is 9.90 Å². The third-order valence-corrected chi connectivity index (χ3v) is 3.71. The number of aliphatic hydroxyl groups is 1. The van der Waals surface area contributed by atoms with Gasteiger partial charge in [-0.1, -0.05) is 0 Å². The summed E-state index contributed by atoms with van der Waals surface area (Å²) in [5.41, 5.74) is 0. The molecule has 2 rings (SSSR count). The maximum atomic E-state index is 11.6. The van der Waals surface area contributed by atoms with Gasteiger partial charge in [-0.15, -0.1) is 0 Å². The Kier molecular flexibility index (Phi) is 3.59. The first-order valence-corrected chi connectivity index (χ1v) is 6.04. The number of ketones is 1. The zero-order valence-corrected chi connectivity index (χ0v) is 10.0. The number of nitrogens with one attached hydrogen (secondary N) is 1. The average molecular weight is 227 g/mol. The maximum absolute atomic E-state index is 11.6. The third kappa shape index (κ3) is 2.00. The number of likely N-dealkylation sites (N-methyl/N-ethyl adjacent to an activating group) is 1. The van der Waals surface area contributed by atoms with Crippen molar-refractivity contribution in [2.75, 3.05) is 20.1 Å². The number of hydrazine groups is 1. The van der Waals surface area contributed by atoms with Crippen molar-refractivity contribution in [1.82, 2.24) is 15.3 Å². The number of fused-ring (bicyclic) bond motifs is 1. The minimum absolute atomic E-state index is 0.0601. The molecule has 0 radical (unpaired) electrons. The molecule has 92 valence electrons. The second-order valence-corrected chi connectivity index (χ2v) is 4.70. The molecule has 0 aliphatic carbocycles. The molecular weight excluding hydrogens is 206 g/mol. The number of Topliss-reactive ketones (excluding diaryl/α,β-unsaturated/α-hetero) is 1. The molecule has 2 aliphatic heterocycles. The molecule has 0 aromatic rings. The molecule has 0 spiro atoms. The Balaban J connectivity index is 2.18. The highest BCUT2D eigenvalue weighted by Gasteiger charge is 2.42. The molecular formula is C11H21N3O2. The lowest BCUT2D eigenvalue weighted by atomic mass is 10.1. The molecule has 0 saturated carbocycles. The first kappa shape index (κ1) is 12.0. The molecule has 3 unspecified atom stereocenters. The number of hydrogen-bond donors (Lipinski definition) is 2. The van der Waals surface area contributed by atoms with E-state index in [2.05, 4.69) is 10.3 Å². The lowest BCUT2D eigenvalue weighted by molar-refractivity contribution is -0.150. The van der Waals surface area contributed by atoms with Crippen molar-refractivity contribution in [3.63, 3.8) is 0 Å². The topological polar surface area (TPSA) is 55.8 Å². The molecule has 5 heteroatoms. The van der Waals surface area contributed by atoms with Gasteiger partial charge in [-0.2, -0.15) is 0 Å². The van der Waals surface area contributed by atoms with Crippen molar-refractivity contribution in [1.29, 1.82) is 0 Å². The van der Waals surface area contributed by atoms with E-state index in [4.69, 9.17) is 0 Å². The van der Waals surface area contributed by atoms with Crippen LogP contribution in [0.3, 0.4) is 0 Å². The number of hydrogen-bond acceptors (Lipinski definition) is 5. The largest absolute Gasteiger partial charge is 0.375 e. The van der Waals surface area contributed by atoms with Crippen LogP contribution in [0.4, 0.5) is 0 Å². The van der Waals surface area contributed by atoms with Gasteiger partial charge in [0.05, 0.1) is 6.04 Å². The highest BCUT2D eigenvalue weighted by atomic mass is 16.3. The van der Waals surface area contributed by atoms with Crippen molar-refractivity contribution in [2.45, 2.75) is 44.5 Å². The second kappa shape index (κ2) is 4.79. The zero-order valence-electron chi connectivity index (χ0n) is 10.0. The normalized spacial score (nSPS) is 37.1. The lowest BCUT2D eigenvalue weighted by Crippen LogP contribution is -2.55. The van der Waals surface area contributed by atoms with E-state index in [9.17, 15) is 9.90 Å². The quantitative estimate of drug-likeness (QED) is 0.670. The zero-order chi connectivity index (χ0) is 11.7. The van der Waals surface area contributed by atoms with Crippen LogP contribution in [0, 0.1) is 0 Å². The number of carbonyl (C=O) groups is 1. The van der Waals surface area contributed by atoms with Gasteiger partial charge in [-0.25, -0.2) is 10.0 Å². The lowest BCUT2D eigenvalue weighted by Gasteiger charge is -2.35. The Morgan fingerprint density at radius 2 is 2.12 bits per heavy atom. The SMILES string of the molecule is CNC1CCCN2CCC(C(C)=O)N2C1O. The van der Waals surface area contributed by atoms with E-state index in [1.807, 2.05) is 12.1 Å². The van der Waals surface area contributed by atoms with Gasteiger partial charge in [0.25, 0.3) is 0 Å². The fraction of sp³-hybridized carbons (Fsp3) is 0.909. The summed E-state index contributed by atoms with van der Waals surface area (Å²) in [5.74, 6) is 0.151. The molecule has 2 aliphatic rings. The number of aliphatic hydroxyl groups excluding tert-OH is 1. The molecule has 2 heterocycles. The van der Waals surface area contributed by atoms with Crippen LogP contribution in [0.2, 0.25) is 0 Å². The van der Waals surface area contributed by atoms with Crippen molar-refractivity contribution in [3.05, 3.63) is 0 Å². The van der Waals surface area contributed by atoms with Crippen LogP contribution in [0.15, 0.2) is 0 Å². The Bertz CT molecular complexity index is 272. The van der Waals surface area contributed by atoms with Crippen LogP contribution in [-0.4, -0.2) is 59.4 Å². The third-order valence-electron chi connectivity index (χ3n) is 3.71. The number of nitrogens with zero attached hydrogens (tertiary/aromatic N) is 2. The van der Waals surface area contributed by atoms with Gasteiger partial charge in [0, 0.05) is 19.1 Å². The molecule has 0 aromatic heterocycles. The van der Waals surface area contributed by atoms with Gasteiger partial charge in [-0.3, -0.25) is 4.79 Å². The van der Waals surface area contributed by atoms with Crippen molar-refractivity contribution in [3.8, 4) is 0 Å². The summed E-state index contributed by atoms with van der Waals surface area (Å²) in [6.45, 7) is 3.44. The Labute approximate surface area is 96.4 Å². The molecule has 2 fully saturated rings. The fourth-order valence-electron chi connectivity index (χ4n) is 2.81. The first-order valence-electron chi connectivity index (χ1n) is 6.04. The van der Waals surface area contributed by atoms with E-state index in [1.54, 1.807) is 6.92 Å². The molecule has 5 nitrogen and oxygen atoms in total. The summed E-state index contributed by atoms with van der Waals surface area (Å²) >= 11 is 0. The number of carbonyl (C=O) groups excluding carboxylic acids is 1. The Morgan fingerprint density at radius 1 is 1.38 bits per heavy atom. The molecule has 0 amide bonds. The van der Waals surface area contributed by atoms with Crippen LogP contribution in [-0.2, 0) is 4.79 Å². The van der Waals surface area contributed by atoms with Gasteiger partial charge in [-0.05, 0) is 33.2 Å². The van der Waals surface area contributed by atoms with Gasteiger partial charge in [0.1, 0.15) is 12.0 Å². The summed E-state index contributed by atoms with van der Waals surface area (Å²) in [6.07, 6.45) is 2.27. The molecule has 2 saturated heterocycles. The predicted molar refractivity (Wildman–Crippen MR) is 60.6 cm³/mol. The van der Waals surface area contributed by atoms with E-state index in [0.29, 0.717) is 0 Å². The highest BCUT2D eigenvalue weighted by molar-refractivity contribution is 5.81. The predicted octanol–water partition coefficient (Wildman–Crippen LogP) is -0.433. The summed E-state index contributed by atoms with van der Waals surface area (Å²) < 4.78 is 0. The van der Waals surface area contributed by atoms with Gasteiger partial charge in [0.2, 0.25) is 0 Å². The van der Waals surface area contributed by atoms with E-state index < -0.39 is 6.23 Å². The first-order chi connectivity index (χ1) is 7.65. The van der Waals surface area contributed by atoms with E-state index in [1.165, 1.54) is 0 Å². The minimum atomic E-state index is -0.580. The van der Waals surface area contributed by atoms with Gasteiger partial charge < -0.3 is 10.4 Å². The summed E-state index contributed by atoms with van der Waals surface area (Å²) in [5, 5.41) is 17.5. The van der Waals surface area contributed by atoms with E-state index >= 15 is 0 Å². The van der Waals surface area contributed by atoms with E-state index in [-0.39, 0.29) is 17.9 Å². The van der Waals surface area contributed by atoms with Crippen LogP contribution in [0.5, 0.6) is 0 Å². The fourth-order valence-corrected chi connectivity index (χ4v) is 2.81. The smallest absolute Gasteiger partial charge is 0.148 e. The number of rotatable bonds is 2. The van der Waals surface area contributed by atoms with Crippen LogP contribution >= 0.6 is 0 Å². The molecule has 2 N–H and O–H groups in total. The monoisotopic (exact) mass is 227 g/mol. The average Bonchev–Trinajstić information content (AvgIpc) is 2.61. The second-order valence-electron chi connectivity index (χ2n) is 4.70. The molecule has 16 heavy (non-hydrogen) atoms. The van der Waals surface area contributed by atoms with Crippen LogP contribution < -0.4 is 5.32 Å². The van der Waals surface area contributed by atoms with Gasteiger partial charge in [0.15, 0.2) is 0 Å². The summed E-state index contributed by atoms with van der Waals surface area (Å²) in [4.78, 5) is 11.6. The summed E-state index contributed by atoms with van der Waals surface area (Å²) in [7, 11) is 1.86. The maximum Gasteiger partial charge on any atom is 0.148 e. The van der Waals surface area contributed by atoms with Crippen LogP contribution in [0.1, 0.15) is 26.2 Å². The molecule has 0 aromatic carbocycles. The Hall–Kier alpha value is -0.490. The van der Waals surface area contributed by atoms with Gasteiger partial charge >= 0.3 is 0 Å². The van der Waals surface area contributed by atoms with Crippen molar-refractivity contribution >= 4 is 5.78 Å². The van der Waals surface area contributed by atoms with E-state index in [0.717, 1.165) is 32.4 Å².